The predicted octanol–water partition coefficient (Wildman–Crippen LogP) is 2.16. The van der Waals surface area contributed by atoms with E-state index in [9.17, 15) is 13.6 Å². The lowest BCUT2D eigenvalue weighted by atomic mass is 10.1. The number of Topliss-reactive ketones (excluding diaryl/α,β-unsaturated/α-hetero) is 1. The molecule has 0 aliphatic carbocycles. The van der Waals surface area contributed by atoms with Crippen molar-refractivity contribution in [2.75, 3.05) is 38.3 Å². The number of anilines is 1. The minimum atomic E-state index is -1.00. The fourth-order valence-electron chi connectivity index (χ4n) is 2.09. The van der Waals surface area contributed by atoms with Gasteiger partial charge in [0.1, 0.15) is 12.4 Å². The Morgan fingerprint density at radius 3 is 2.55 bits per heavy atom. The van der Waals surface area contributed by atoms with E-state index in [0.29, 0.717) is 38.2 Å². The van der Waals surface area contributed by atoms with Crippen molar-refractivity contribution < 1.29 is 23.0 Å². The van der Waals surface area contributed by atoms with E-state index in [4.69, 9.17) is 9.47 Å². The normalized spacial score (nSPS) is 15.6. The van der Waals surface area contributed by atoms with E-state index in [1.54, 1.807) is 0 Å². The first-order chi connectivity index (χ1) is 9.61. The minimum absolute atomic E-state index is 0.131. The highest BCUT2D eigenvalue weighted by molar-refractivity contribution is 5.81. The summed E-state index contributed by atoms with van der Waals surface area (Å²) in [6.45, 7) is 1.47. The summed E-state index contributed by atoms with van der Waals surface area (Å²) in [6.07, 6.45) is 0.859. The quantitative estimate of drug-likeness (QED) is 0.777. The summed E-state index contributed by atoms with van der Waals surface area (Å²) < 4.78 is 37.2. The summed E-state index contributed by atoms with van der Waals surface area (Å²) in [5.74, 6) is -1.89. The lowest BCUT2D eigenvalue weighted by Crippen LogP contribution is -2.33. The number of carbonyl (C=O) groups is 1. The number of piperidine rings is 1. The Bertz CT molecular complexity index is 484. The van der Waals surface area contributed by atoms with Gasteiger partial charge in [-0.1, -0.05) is 0 Å². The molecule has 1 aliphatic heterocycles. The van der Waals surface area contributed by atoms with E-state index in [2.05, 4.69) is 0 Å². The van der Waals surface area contributed by atoms with E-state index in [0.717, 1.165) is 6.07 Å². The van der Waals surface area contributed by atoms with Crippen LogP contribution in [0.3, 0.4) is 0 Å². The zero-order valence-corrected chi connectivity index (χ0v) is 11.3. The van der Waals surface area contributed by atoms with Crippen LogP contribution >= 0.6 is 0 Å². The molecule has 0 unspecified atom stereocenters. The van der Waals surface area contributed by atoms with Gasteiger partial charge in [0.2, 0.25) is 5.82 Å². The summed E-state index contributed by atoms with van der Waals surface area (Å²) in [5, 5.41) is 0. The highest BCUT2D eigenvalue weighted by atomic mass is 19.2. The molecule has 20 heavy (non-hydrogen) atoms. The van der Waals surface area contributed by atoms with Crippen LogP contribution in [0.25, 0.3) is 0 Å². The molecule has 2 rings (SSSR count). The largest absolute Gasteiger partial charge is 0.488 e. The lowest BCUT2D eigenvalue weighted by Gasteiger charge is -2.28. The average Bonchev–Trinajstić information content (AvgIpc) is 2.44. The Morgan fingerprint density at radius 1 is 1.20 bits per heavy atom. The number of benzene rings is 1. The molecule has 4 nitrogen and oxygen atoms in total. The number of nitrogens with zero attached hydrogens (tertiary/aromatic N) is 1. The third-order valence-corrected chi connectivity index (χ3v) is 3.21. The molecule has 0 aromatic heterocycles. The van der Waals surface area contributed by atoms with Gasteiger partial charge in [-0.25, -0.2) is 4.39 Å². The molecule has 0 amide bonds. The van der Waals surface area contributed by atoms with Gasteiger partial charge >= 0.3 is 0 Å². The van der Waals surface area contributed by atoms with E-state index < -0.39 is 11.6 Å². The zero-order valence-electron chi connectivity index (χ0n) is 11.3. The molecule has 0 radical (unpaired) electrons. The summed E-state index contributed by atoms with van der Waals surface area (Å²) in [7, 11) is 1.50. The highest BCUT2D eigenvalue weighted by Gasteiger charge is 2.20. The Labute approximate surface area is 116 Å². The van der Waals surface area contributed by atoms with Gasteiger partial charge in [0.05, 0.1) is 6.61 Å². The van der Waals surface area contributed by atoms with Crippen LogP contribution in [0.1, 0.15) is 12.8 Å². The maximum absolute atomic E-state index is 13.6. The van der Waals surface area contributed by atoms with E-state index in [1.807, 2.05) is 4.90 Å². The van der Waals surface area contributed by atoms with Crippen LogP contribution in [0.2, 0.25) is 0 Å². The van der Waals surface area contributed by atoms with Crippen LogP contribution in [-0.4, -0.2) is 39.2 Å². The Morgan fingerprint density at radius 2 is 1.90 bits per heavy atom. The third-order valence-electron chi connectivity index (χ3n) is 3.21. The fraction of sp³-hybridized carbons (Fsp3) is 0.500. The number of ketones is 1. The molecule has 1 saturated heterocycles. The van der Waals surface area contributed by atoms with Crippen LogP contribution in [0, 0.1) is 11.6 Å². The number of hydrogen-bond acceptors (Lipinski definition) is 4. The van der Waals surface area contributed by atoms with Crippen LogP contribution in [0.5, 0.6) is 5.75 Å². The molecule has 0 saturated carbocycles. The smallest absolute Gasteiger partial charge is 0.200 e. The molecule has 1 fully saturated rings. The van der Waals surface area contributed by atoms with Gasteiger partial charge in [0, 0.05) is 50.9 Å². The van der Waals surface area contributed by atoms with Gasteiger partial charge in [-0.3, -0.25) is 4.79 Å². The second-order valence-electron chi connectivity index (χ2n) is 4.61. The van der Waals surface area contributed by atoms with Gasteiger partial charge in [-0.05, 0) is 0 Å². The summed E-state index contributed by atoms with van der Waals surface area (Å²) >= 11 is 0. The first-order valence-corrected chi connectivity index (χ1v) is 6.49. The molecule has 1 heterocycles. The minimum Gasteiger partial charge on any atom is -0.488 e. The third kappa shape index (κ3) is 3.45. The molecule has 0 N–H and O–H groups in total. The highest BCUT2D eigenvalue weighted by Crippen LogP contribution is 2.28. The second kappa shape index (κ2) is 6.65. The predicted molar refractivity (Wildman–Crippen MR) is 70.2 cm³/mol. The molecular formula is C14H17F2NO3. The second-order valence-corrected chi connectivity index (χ2v) is 4.61. The van der Waals surface area contributed by atoms with Gasteiger partial charge < -0.3 is 14.4 Å². The van der Waals surface area contributed by atoms with Crippen molar-refractivity contribution >= 4 is 11.5 Å². The molecule has 0 bridgehead atoms. The van der Waals surface area contributed by atoms with Crippen molar-refractivity contribution in [2.45, 2.75) is 12.8 Å². The van der Waals surface area contributed by atoms with Crippen molar-refractivity contribution in [3.8, 4) is 5.75 Å². The van der Waals surface area contributed by atoms with Crippen molar-refractivity contribution in [1.29, 1.82) is 0 Å². The first kappa shape index (κ1) is 14.7. The SMILES string of the molecule is COCCOc1cc(N2CCC(=O)CC2)cc(F)c1F. The van der Waals surface area contributed by atoms with Gasteiger partial charge in [0.25, 0.3) is 0 Å². The van der Waals surface area contributed by atoms with Crippen molar-refractivity contribution in [2.24, 2.45) is 0 Å². The van der Waals surface area contributed by atoms with Crippen LogP contribution in [-0.2, 0) is 9.53 Å². The maximum Gasteiger partial charge on any atom is 0.200 e. The van der Waals surface area contributed by atoms with Crippen molar-refractivity contribution in [1.82, 2.24) is 0 Å². The van der Waals surface area contributed by atoms with Crippen LogP contribution < -0.4 is 9.64 Å². The molecule has 0 spiro atoms. The average molecular weight is 285 g/mol. The van der Waals surface area contributed by atoms with Crippen LogP contribution in [0.4, 0.5) is 14.5 Å². The first-order valence-electron chi connectivity index (χ1n) is 6.49. The number of carbonyl (C=O) groups excluding carboxylic acids is 1. The number of methoxy groups -OCH3 is 1. The number of rotatable bonds is 5. The number of halogens is 2. The van der Waals surface area contributed by atoms with Gasteiger partial charge in [-0.15, -0.1) is 0 Å². The van der Waals surface area contributed by atoms with Gasteiger partial charge in [0.15, 0.2) is 11.6 Å². The Kier molecular flexibility index (Phi) is 4.89. The molecule has 1 aliphatic rings. The monoisotopic (exact) mass is 285 g/mol. The van der Waals surface area contributed by atoms with Crippen LogP contribution in [0.15, 0.2) is 12.1 Å². The van der Waals surface area contributed by atoms with E-state index in [-0.39, 0.29) is 18.1 Å². The molecule has 0 atom stereocenters. The topological polar surface area (TPSA) is 38.8 Å². The van der Waals surface area contributed by atoms with Gasteiger partial charge in [-0.2, -0.15) is 4.39 Å². The fourth-order valence-corrected chi connectivity index (χ4v) is 2.09. The molecule has 1 aromatic rings. The summed E-state index contributed by atoms with van der Waals surface area (Å²) in [6, 6.07) is 2.60. The Hall–Kier alpha value is -1.69. The number of ether oxygens (including phenoxy) is 2. The number of hydrogen-bond donors (Lipinski definition) is 0. The van der Waals surface area contributed by atoms with Crippen molar-refractivity contribution in [3.63, 3.8) is 0 Å². The molecular weight excluding hydrogens is 268 g/mol. The Balaban J connectivity index is 2.15. The maximum atomic E-state index is 13.6. The standard InChI is InChI=1S/C14H17F2NO3/c1-19-6-7-20-13-9-10(8-12(15)14(13)16)17-4-2-11(18)3-5-17/h8-9H,2-7H2,1H3. The summed E-state index contributed by atoms with van der Waals surface area (Å²) in [5.41, 5.74) is 0.531. The van der Waals surface area contributed by atoms with E-state index >= 15 is 0 Å². The zero-order chi connectivity index (χ0) is 14.5. The van der Waals surface area contributed by atoms with Crippen molar-refractivity contribution in [3.05, 3.63) is 23.8 Å². The van der Waals surface area contributed by atoms with E-state index in [1.165, 1.54) is 13.2 Å². The molecule has 110 valence electrons. The summed E-state index contributed by atoms with van der Waals surface area (Å²) in [4.78, 5) is 13.1. The molecule has 1 aromatic carbocycles. The lowest BCUT2D eigenvalue weighted by molar-refractivity contribution is -0.119. The molecule has 6 heteroatoms.